The Morgan fingerprint density at radius 3 is 2.71 bits per heavy atom. The van der Waals surface area contributed by atoms with Gasteiger partial charge in [0.15, 0.2) is 0 Å². The monoisotopic (exact) mass is 303 g/mol. The second-order valence-corrected chi connectivity index (χ2v) is 5.25. The fourth-order valence-corrected chi connectivity index (χ4v) is 2.46. The maximum absolute atomic E-state index is 12.1. The Balaban J connectivity index is 2.00. The Labute approximate surface area is 129 Å². The van der Waals surface area contributed by atoms with E-state index in [9.17, 15) is 4.79 Å². The van der Waals surface area contributed by atoms with Gasteiger partial charge in [-0.25, -0.2) is 0 Å². The molecule has 0 heterocycles. The van der Waals surface area contributed by atoms with Gasteiger partial charge in [-0.3, -0.25) is 4.79 Å². The lowest BCUT2D eigenvalue weighted by molar-refractivity contribution is -0.121. The minimum atomic E-state index is -0.128. The van der Waals surface area contributed by atoms with Crippen LogP contribution in [0.2, 0.25) is 5.02 Å². The molecule has 2 aromatic carbocycles. The van der Waals surface area contributed by atoms with Gasteiger partial charge in [0.25, 0.3) is 0 Å². The van der Waals surface area contributed by atoms with Crippen molar-refractivity contribution in [3.8, 4) is 5.75 Å². The molecule has 1 amide bonds. The van der Waals surface area contributed by atoms with Crippen molar-refractivity contribution in [3.05, 3.63) is 64.7 Å². The molecule has 0 saturated carbocycles. The number of amides is 1. The molecule has 0 saturated heterocycles. The van der Waals surface area contributed by atoms with E-state index in [1.807, 2.05) is 55.5 Å². The Morgan fingerprint density at radius 2 is 2.00 bits per heavy atom. The Bertz CT molecular complexity index is 628. The van der Waals surface area contributed by atoms with Gasteiger partial charge in [0.05, 0.1) is 19.6 Å². The first-order valence-electron chi connectivity index (χ1n) is 6.77. The van der Waals surface area contributed by atoms with Gasteiger partial charge >= 0.3 is 0 Å². The van der Waals surface area contributed by atoms with Crippen molar-refractivity contribution in [2.75, 3.05) is 7.11 Å². The van der Waals surface area contributed by atoms with Crippen molar-refractivity contribution in [1.82, 2.24) is 5.32 Å². The first-order valence-corrected chi connectivity index (χ1v) is 7.14. The van der Waals surface area contributed by atoms with Gasteiger partial charge in [-0.15, -0.1) is 0 Å². The van der Waals surface area contributed by atoms with Crippen LogP contribution in [0, 0.1) is 0 Å². The number of ether oxygens (including phenoxy) is 1. The summed E-state index contributed by atoms with van der Waals surface area (Å²) in [6.45, 7) is 1.92. The molecule has 0 aliphatic rings. The Morgan fingerprint density at radius 1 is 1.24 bits per heavy atom. The summed E-state index contributed by atoms with van der Waals surface area (Å²) in [6.07, 6.45) is 0.312. The highest BCUT2D eigenvalue weighted by atomic mass is 35.5. The van der Waals surface area contributed by atoms with E-state index >= 15 is 0 Å². The SMILES string of the molecule is COc1cccc(CC(=O)NC(C)c2ccccc2Cl)c1. The van der Waals surface area contributed by atoms with Crippen LogP contribution in [-0.4, -0.2) is 13.0 Å². The van der Waals surface area contributed by atoms with Gasteiger partial charge in [-0.1, -0.05) is 41.9 Å². The smallest absolute Gasteiger partial charge is 0.224 e. The molecule has 1 N–H and O–H groups in total. The summed E-state index contributed by atoms with van der Waals surface area (Å²) in [6, 6.07) is 14.9. The third-order valence-corrected chi connectivity index (χ3v) is 3.59. The molecule has 0 fully saturated rings. The summed E-state index contributed by atoms with van der Waals surface area (Å²) < 4.78 is 5.15. The normalized spacial score (nSPS) is 11.8. The molecular weight excluding hydrogens is 286 g/mol. The molecule has 4 heteroatoms. The van der Waals surface area contributed by atoms with Crippen molar-refractivity contribution >= 4 is 17.5 Å². The zero-order valence-corrected chi connectivity index (χ0v) is 12.9. The average molecular weight is 304 g/mol. The highest BCUT2D eigenvalue weighted by Crippen LogP contribution is 2.22. The molecule has 2 aromatic rings. The molecule has 0 aliphatic heterocycles. The van der Waals surface area contributed by atoms with Crippen molar-refractivity contribution in [2.24, 2.45) is 0 Å². The zero-order chi connectivity index (χ0) is 15.2. The molecule has 1 unspecified atom stereocenters. The number of hydrogen-bond acceptors (Lipinski definition) is 2. The Kier molecular flexibility index (Phi) is 5.23. The molecule has 1 atom stereocenters. The van der Waals surface area contributed by atoms with Gasteiger partial charge in [0.2, 0.25) is 5.91 Å². The van der Waals surface area contributed by atoms with Gasteiger partial charge in [-0.2, -0.15) is 0 Å². The second-order valence-electron chi connectivity index (χ2n) is 4.84. The first-order chi connectivity index (χ1) is 10.1. The summed E-state index contributed by atoms with van der Waals surface area (Å²) in [7, 11) is 1.61. The molecule has 21 heavy (non-hydrogen) atoms. The predicted octanol–water partition coefficient (Wildman–Crippen LogP) is 3.77. The summed E-state index contributed by atoms with van der Waals surface area (Å²) in [5.74, 6) is 0.704. The van der Waals surface area contributed by atoms with Crippen molar-refractivity contribution in [2.45, 2.75) is 19.4 Å². The summed E-state index contributed by atoms with van der Waals surface area (Å²) >= 11 is 6.13. The van der Waals surface area contributed by atoms with Crippen LogP contribution in [0.5, 0.6) is 5.75 Å². The van der Waals surface area contributed by atoms with Crippen LogP contribution < -0.4 is 10.1 Å². The number of carbonyl (C=O) groups is 1. The molecule has 0 aromatic heterocycles. The van der Waals surface area contributed by atoms with Crippen LogP contribution in [0.1, 0.15) is 24.1 Å². The van der Waals surface area contributed by atoms with Gasteiger partial charge in [-0.05, 0) is 36.2 Å². The van der Waals surface area contributed by atoms with Gasteiger partial charge in [0.1, 0.15) is 5.75 Å². The third-order valence-electron chi connectivity index (χ3n) is 3.25. The molecular formula is C17H18ClNO2. The van der Waals surface area contributed by atoms with Crippen LogP contribution in [0.3, 0.4) is 0 Å². The lowest BCUT2D eigenvalue weighted by Gasteiger charge is -2.15. The van der Waals surface area contributed by atoms with E-state index in [0.717, 1.165) is 16.9 Å². The van der Waals surface area contributed by atoms with E-state index in [1.54, 1.807) is 7.11 Å². The van der Waals surface area contributed by atoms with E-state index in [4.69, 9.17) is 16.3 Å². The number of benzene rings is 2. The van der Waals surface area contributed by atoms with E-state index < -0.39 is 0 Å². The summed E-state index contributed by atoms with van der Waals surface area (Å²) in [4.78, 5) is 12.1. The molecule has 0 radical (unpaired) electrons. The number of halogens is 1. The quantitative estimate of drug-likeness (QED) is 0.913. The van der Waals surface area contributed by atoms with E-state index in [2.05, 4.69) is 5.32 Å². The van der Waals surface area contributed by atoms with Crippen LogP contribution in [0.25, 0.3) is 0 Å². The van der Waals surface area contributed by atoms with Crippen LogP contribution >= 0.6 is 11.6 Å². The van der Waals surface area contributed by atoms with Crippen molar-refractivity contribution in [3.63, 3.8) is 0 Å². The van der Waals surface area contributed by atoms with Crippen molar-refractivity contribution in [1.29, 1.82) is 0 Å². The largest absolute Gasteiger partial charge is 0.497 e. The fraction of sp³-hybridized carbons (Fsp3) is 0.235. The van der Waals surface area contributed by atoms with Crippen LogP contribution in [-0.2, 0) is 11.2 Å². The van der Waals surface area contributed by atoms with Gasteiger partial charge in [0, 0.05) is 5.02 Å². The summed E-state index contributed by atoms with van der Waals surface area (Å²) in [5.41, 5.74) is 1.83. The highest BCUT2D eigenvalue weighted by molar-refractivity contribution is 6.31. The molecule has 0 bridgehead atoms. The number of rotatable bonds is 5. The molecule has 0 aliphatic carbocycles. The molecule has 2 rings (SSSR count). The number of hydrogen-bond donors (Lipinski definition) is 1. The van der Waals surface area contributed by atoms with Crippen LogP contribution in [0.15, 0.2) is 48.5 Å². The van der Waals surface area contributed by atoms with Crippen LogP contribution in [0.4, 0.5) is 0 Å². The number of methoxy groups -OCH3 is 1. The van der Waals surface area contributed by atoms with E-state index in [-0.39, 0.29) is 11.9 Å². The highest BCUT2D eigenvalue weighted by Gasteiger charge is 2.12. The van der Waals surface area contributed by atoms with E-state index in [1.165, 1.54) is 0 Å². The average Bonchev–Trinajstić information content (AvgIpc) is 2.47. The topological polar surface area (TPSA) is 38.3 Å². The lowest BCUT2D eigenvalue weighted by Crippen LogP contribution is -2.28. The maximum atomic E-state index is 12.1. The lowest BCUT2D eigenvalue weighted by atomic mass is 10.1. The predicted molar refractivity (Wildman–Crippen MR) is 84.7 cm³/mol. The molecule has 3 nitrogen and oxygen atoms in total. The number of nitrogens with one attached hydrogen (secondary N) is 1. The van der Waals surface area contributed by atoms with E-state index in [0.29, 0.717) is 11.4 Å². The second kappa shape index (κ2) is 7.14. The Hall–Kier alpha value is -2.00. The van der Waals surface area contributed by atoms with Crippen molar-refractivity contribution < 1.29 is 9.53 Å². The minimum Gasteiger partial charge on any atom is -0.497 e. The molecule has 110 valence electrons. The fourth-order valence-electron chi connectivity index (χ4n) is 2.16. The third kappa shape index (κ3) is 4.23. The standard InChI is InChI=1S/C17H18ClNO2/c1-12(15-8-3-4-9-16(15)18)19-17(20)11-13-6-5-7-14(10-13)21-2/h3-10,12H,11H2,1-2H3,(H,19,20). The first kappa shape index (κ1) is 15.4. The number of carbonyl (C=O) groups excluding carboxylic acids is 1. The zero-order valence-electron chi connectivity index (χ0n) is 12.1. The summed E-state index contributed by atoms with van der Waals surface area (Å²) in [5, 5.41) is 3.62. The minimum absolute atomic E-state index is 0.0457. The molecule has 0 spiro atoms. The maximum Gasteiger partial charge on any atom is 0.224 e. The van der Waals surface area contributed by atoms with Gasteiger partial charge < -0.3 is 10.1 Å².